The molecule has 1 saturated heterocycles. The van der Waals surface area contributed by atoms with Crippen molar-refractivity contribution in [2.24, 2.45) is 5.92 Å². The monoisotopic (exact) mass is 351 g/mol. The first-order chi connectivity index (χ1) is 10.2. The van der Waals surface area contributed by atoms with Crippen molar-refractivity contribution in [2.75, 3.05) is 26.7 Å². The minimum atomic E-state index is 0.665. The minimum Gasteiger partial charge on any atom is -0.492 e. The van der Waals surface area contributed by atoms with Gasteiger partial charge in [-0.3, -0.25) is 4.68 Å². The molecule has 0 N–H and O–H groups in total. The Balaban J connectivity index is 1.82. The van der Waals surface area contributed by atoms with E-state index in [9.17, 15) is 0 Å². The van der Waals surface area contributed by atoms with Crippen LogP contribution < -0.4 is 4.74 Å². The molecule has 0 bridgehead atoms. The van der Waals surface area contributed by atoms with Crippen LogP contribution in [-0.2, 0) is 6.54 Å². The molecule has 114 valence electrons. The molecule has 0 spiro atoms. The van der Waals surface area contributed by atoms with E-state index in [0.29, 0.717) is 6.61 Å². The molecule has 2 heterocycles. The van der Waals surface area contributed by atoms with Gasteiger partial charge in [-0.1, -0.05) is 0 Å². The van der Waals surface area contributed by atoms with E-state index in [1.165, 1.54) is 25.9 Å². The fraction of sp³-hybridized carbons (Fsp3) is 0.562. The molecule has 0 unspecified atom stereocenters. The number of hydrogen-bond acceptors (Lipinski definition) is 3. The summed E-state index contributed by atoms with van der Waals surface area (Å²) >= 11 is 3.57. The van der Waals surface area contributed by atoms with Gasteiger partial charge in [0.2, 0.25) is 0 Å². The van der Waals surface area contributed by atoms with E-state index in [0.717, 1.165) is 33.6 Å². The summed E-state index contributed by atoms with van der Waals surface area (Å²) in [4.78, 5) is 2.40. The molecule has 0 saturated carbocycles. The third-order valence-electron chi connectivity index (χ3n) is 4.21. The molecule has 0 atom stereocenters. The summed E-state index contributed by atoms with van der Waals surface area (Å²) in [5.41, 5.74) is 1.01. The first-order valence-corrected chi connectivity index (χ1v) is 8.43. The van der Waals surface area contributed by atoms with E-state index in [2.05, 4.69) is 38.8 Å². The van der Waals surface area contributed by atoms with Crippen molar-refractivity contribution in [3.63, 3.8) is 0 Å². The molecule has 0 aliphatic carbocycles. The summed E-state index contributed by atoms with van der Waals surface area (Å²) in [7, 11) is 2.20. The van der Waals surface area contributed by atoms with Crippen molar-refractivity contribution in [1.82, 2.24) is 14.7 Å². The van der Waals surface area contributed by atoms with Crippen molar-refractivity contribution in [2.45, 2.75) is 26.3 Å². The number of piperidine rings is 1. The lowest BCUT2D eigenvalue weighted by atomic mass is 9.97. The van der Waals surface area contributed by atoms with Crippen LogP contribution in [0.4, 0.5) is 0 Å². The topological polar surface area (TPSA) is 30.3 Å². The maximum Gasteiger partial charge on any atom is 0.144 e. The zero-order valence-electron chi connectivity index (χ0n) is 12.7. The largest absolute Gasteiger partial charge is 0.492 e. The van der Waals surface area contributed by atoms with Gasteiger partial charge in [-0.05, 0) is 73.9 Å². The van der Waals surface area contributed by atoms with Gasteiger partial charge in [-0.25, -0.2) is 0 Å². The number of rotatable bonds is 4. The highest BCUT2D eigenvalue weighted by atomic mass is 79.9. The Morgan fingerprint density at radius 2 is 2.10 bits per heavy atom. The molecule has 1 fully saturated rings. The smallest absolute Gasteiger partial charge is 0.144 e. The fourth-order valence-corrected chi connectivity index (χ4v) is 3.44. The van der Waals surface area contributed by atoms with Crippen LogP contribution >= 0.6 is 15.9 Å². The fourth-order valence-electron chi connectivity index (χ4n) is 2.98. The molecule has 3 rings (SSSR count). The molecular formula is C16H22BrN3O. The zero-order valence-corrected chi connectivity index (χ0v) is 14.3. The number of ether oxygens (including phenoxy) is 1. The van der Waals surface area contributed by atoms with Crippen LogP contribution in [0.15, 0.2) is 22.8 Å². The predicted molar refractivity (Wildman–Crippen MR) is 88.8 cm³/mol. The number of fused-ring (bicyclic) bond motifs is 1. The Kier molecular flexibility index (Phi) is 4.50. The molecule has 1 aliphatic rings. The Hall–Kier alpha value is -1.07. The van der Waals surface area contributed by atoms with Gasteiger partial charge in [-0.2, -0.15) is 5.10 Å². The summed E-state index contributed by atoms with van der Waals surface area (Å²) < 4.78 is 8.85. The number of hydrogen-bond donors (Lipinski definition) is 0. The van der Waals surface area contributed by atoms with E-state index >= 15 is 0 Å². The zero-order chi connectivity index (χ0) is 14.8. The SMILES string of the molecule is CCOc1c(Br)ccc2nn(CC3CCN(C)CC3)cc12. The highest BCUT2D eigenvalue weighted by molar-refractivity contribution is 9.10. The molecule has 1 aliphatic heterocycles. The summed E-state index contributed by atoms with van der Waals surface area (Å²) in [6.45, 7) is 6.07. The lowest BCUT2D eigenvalue weighted by molar-refractivity contribution is 0.201. The van der Waals surface area contributed by atoms with E-state index < -0.39 is 0 Å². The molecule has 1 aromatic heterocycles. The predicted octanol–water partition coefficient (Wildman–Crippen LogP) is 3.54. The standard InChI is InChI=1S/C16H22BrN3O/c1-3-21-16-13-11-20(18-15(13)5-4-14(16)17)10-12-6-8-19(2)9-7-12/h4-5,11-12H,3,6-10H2,1-2H3. The number of aromatic nitrogens is 2. The van der Waals surface area contributed by atoms with Crippen LogP contribution in [0.25, 0.3) is 10.9 Å². The normalized spacial score (nSPS) is 17.5. The number of nitrogens with zero attached hydrogens (tertiary/aromatic N) is 3. The highest BCUT2D eigenvalue weighted by Crippen LogP contribution is 2.33. The Morgan fingerprint density at radius 3 is 2.81 bits per heavy atom. The second-order valence-corrected chi connectivity index (χ2v) is 6.69. The molecule has 2 aromatic rings. The van der Waals surface area contributed by atoms with Crippen LogP contribution in [0.2, 0.25) is 0 Å². The van der Waals surface area contributed by atoms with Crippen molar-refractivity contribution in [1.29, 1.82) is 0 Å². The van der Waals surface area contributed by atoms with Crippen LogP contribution in [0.5, 0.6) is 5.75 Å². The average molecular weight is 352 g/mol. The first kappa shape index (κ1) is 14.9. The van der Waals surface area contributed by atoms with Gasteiger partial charge < -0.3 is 9.64 Å². The molecule has 21 heavy (non-hydrogen) atoms. The Labute approximate surface area is 134 Å². The molecular weight excluding hydrogens is 330 g/mol. The molecule has 4 nitrogen and oxygen atoms in total. The molecule has 0 amide bonds. The van der Waals surface area contributed by atoms with Crippen LogP contribution in [0.1, 0.15) is 19.8 Å². The Bertz CT molecular complexity index is 617. The van der Waals surface area contributed by atoms with Gasteiger partial charge in [-0.15, -0.1) is 0 Å². The van der Waals surface area contributed by atoms with Gasteiger partial charge in [0.1, 0.15) is 5.75 Å². The molecule has 1 aromatic carbocycles. The summed E-state index contributed by atoms with van der Waals surface area (Å²) in [5, 5.41) is 5.81. The van der Waals surface area contributed by atoms with Crippen LogP contribution in [-0.4, -0.2) is 41.4 Å². The third kappa shape index (κ3) is 3.24. The Morgan fingerprint density at radius 1 is 1.33 bits per heavy atom. The van der Waals surface area contributed by atoms with Crippen molar-refractivity contribution >= 4 is 26.8 Å². The van der Waals surface area contributed by atoms with Crippen LogP contribution in [0, 0.1) is 5.92 Å². The summed E-state index contributed by atoms with van der Waals surface area (Å²) in [6.07, 6.45) is 4.65. The van der Waals surface area contributed by atoms with E-state index in [1.807, 2.05) is 19.1 Å². The molecule has 5 heteroatoms. The quantitative estimate of drug-likeness (QED) is 0.843. The van der Waals surface area contributed by atoms with E-state index in [4.69, 9.17) is 9.84 Å². The average Bonchev–Trinajstić information content (AvgIpc) is 2.87. The van der Waals surface area contributed by atoms with Crippen molar-refractivity contribution in [3.05, 3.63) is 22.8 Å². The second kappa shape index (κ2) is 6.36. The highest BCUT2D eigenvalue weighted by Gasteiger charge is 2.18. The van der Waals surface area contributed by atoms with Gasteiger partial charge in [0.25, 0.3) is 0 Å². The van der Waals surface area contributed by atoms with E-state index in [1.54, 1.807) is 0 Å². The summed E-state index contributed by atoms with van der Waals surface area (Å²) in [5.74, 6) is 1.64. The summed E-state index contributed by atoms with van der Waals surface area (Å²) in [6, 6.07) is 4.06. The van der Waals surface area contributed by atoms with Gasteiger partial charge in [0, 0.05) is 12.7 Å². The first-order valence-electron chi connectivity index (χ1n) is 7.64. The lowest BCUT2D eigenvalue weighted by Crippen LogP contribution is -2.31. The maximum atomic E-state index is 5.76. The lowest BCUT2D eigenvalue weighted by Gasteiger charge is -2.28. The van der Waals surface area contributed by atoms with E-state index in [-0.39, 0.29) is 0 Å². The van der Waals surface area contributed by atoms with Gasteiger partial charge in [0.15, 0.2) is 0 Å². The van der Waals surface area contributed by atoms with Gasteiger partial charge in [0.05, 0.1) is 22.0 Å². The number of likely N-dealkylation sites (tertiary alicyclic amines) is 1. The number of benzene rings is 1. The third-order valence-corrected chi connectivity index (χ3v) is 4.84. The molecule has 0 radical (unpaired) electrons. The van der Waals surface area contributed by atoms with Crippen LogP contribution in [0.3, 0.4) is 0 Å². The van der Waals surface area contributed by atoms with Crippen molar-refractivity contribution in [3.8, 4) is 5.75 Å². The van der Waals surface area contributed by atoms with Crippen molar-refractivity contribution < 1.29 is 4.74 Å². The second-order valence-electron chi connectivity index (χ2n) is 5.84. The maximum absolute atomic E-state index is 5.76. The minimum absolute atomic E-state index is 0.665. The number of halogens is 1. The van der Waals surface area contributed by atoms with Gasteiger partial charge >= 0.3 is 0 Å².